The van der Waals surface area contributed by atoms with Gasteiger partial charge in [-0.2, -0.15) is 5.10 Å². The third-order valence-electron chi connectivity index (χ3n) is 6.74. The van der Waals surface area contributed by atoms with Crippen LogP contribution in [0.15, 0.2) is 72.8 Å². The minimum absolute atomic E-state index is 0.646. The number of aromatic nitrogens is 7. The third kappa shape index (κ3) is 6.03. The van der Waals surface area contributed by atoms with Crippen LogP contribution in [0.5, 0.6) is 0 Å². The van der Waals surface area contributed by atoms with E-state index in [1.54, 1.807) is 0 Å². The van der Waals surface area contributed by atoms with Crippen molar-refractivity contribution in [1.29, 1.82) is 0 Å². The second-order valence-corrected chi connectivity index (χ2v) is 9.55. The summed E-state index contributed by atoms with van der Waals surface area (Å²) in [7, 11) is 0. The summed E-state index contributed by atoms with van der Waals surface area (Å²) in [6, 6.07) is 25.2. The molecule has 0 saturated heterocycles. The van der Waals surface area contributed by atoms with E-state index in [-0.39, 0.29) is 0 Å². The highest BCUT2D eigenvalue weighted by Gasteiger charge is 2.14. The molecule has 38 heavy (non-hydrogen) atoms. The minimum Gasteiger partial charge on any atom is -0.330 e. The van der Waals surface area contributed by atoms with Crippen molar-refractivity contribution >= 4 is 0 Å². The van der Waals surface area contributed by atoms with Gasteiger partial charge in [0.15, 0.2) is 17.5 Å². The first-order valence-electron chi connectivity index (χ1n) is 13.4. The molecule has 8 heteroatoms. The maximum absolute atomic E-state index is 5.73. The zero-order valence-electron chi connectivity index (χ0n) is 21.8. The molecule has 5 rings (SSSR count). The molecule has 0 aliphatic carbocycles. The van der Waals surface area contributed by atoms with Gasteiger partial charge in [-0.3, -0.25) is 0 Å². The number of hydrogen-bond acceptors (Lipinski definition) is 6. The van der Waals surface area contributed by atoms with Crippen LogP contribution in [0, 0.1) is 0 Å². The molecule has 3 aromatic carbocycles. The van der Waals surface area contributed by atoms with Crippen LogP contribution in [-0.2, 0) is 19.4 Å². The van der Waals surface area contributed by atoms with Gasteiger partial charge in [-0.1, -0.05) is 99.0 Å². The first-order valence-corrected chi connectivity index (χ1v) is 13.4. The number of nitrogens with one attached hydrogen (secondary N) is 1. The van der Waals surface area contributed by atoms with Gasteiger partial charge in [0.05, 0.1) is 6.54 Å². The highest BCUT2D eigenvalue weighted by molar-refractivity contribution is 5.80. The summed E-state index contributed by atoms with van der Waals surface area (Å²) in [6.07, 6.45) is 6.56. The molecular formula is C30H34N8. The summed E-state index contributed by atoms with van der Waals surface area (Å²) < 4.78 is 2.04. The Kier molecular flexibility index (Phi) is 8.30. The van der Waals surface area contributed by atoms with Gasteiger partial charge in [0.2, 0.25) is 0 Å². The summed E-state index contributed by atoms with van der Waals surface area (Å²) >= 11 is 0. The Morgan fingerprint density at radius 1 is 0.789 bits per heavy atom. The largest absolute Gasteiger partial charge is 0.330 e. The summed E-state index contributed by atoms with van der Waals surface area (Å²) in [5.74, 6) is 2.47. The van der Waals surface area contributed by atoms with E-state index in [9.17, 15) is 0 Å². The number of H-pyrrole nitrogens is 1. The topological polar surface area (TPSA) is 111 Å². The normalized spacial score (nSPS) is 11.2. The lowest BCUT2D eigenvalue weighted by Crippen LogP contribution is -2.05. The predicted molar refractivity (Wildman–Crippen MR) is 150 cm³/mol. The fourth-order valence-electron chi connectivity index (χ4n) is 4.69. The van der Waals surface area contributed by atoms with Gasteiger partial charge in [-0.05, 0) is 52.1 Å². The highest BCUT2D eigenvalue weighted by atomic mass is 15.5. The first kappa shape index (κ1) is 25.5. The lowest BCUT2D eigenvalue weighted by molar-refractivity contribution is 0.634. The quantitative estimate of drug-likeness (QED) is 0.217. The summed E-state index contributed by atoms with van der Waals surface area (Å²) in [4.78, 5) is 4.96. The second kappa shape index (κ2) is 12.4. The van der Waals surface area contributed by atoms with Crippen molar-refractivity contribution in [2.75, 3.05) is 6.54 Å². The van der Waals surface area contributed by atoms with Crippen LogP contribution >= 0.6 is 0 Å². The molecule has 194 valence electrons. The number of aromatic amines is 1. The van der Waals surface area contributed by atoms with E-state index in [2.05, 4.69) is 82.1 Å². The van der Waals surface area contributed by atoms with Crippen molar-refractivity contribution in [3.63, 3.8) is 0 Å². The van der Waals surface area contributed by atoms with Crippen LogP contribution in [0.1, 0.15) is 49.6 Å². The molecule has 2 aromatic heterocycles. The zero-order valence-corrected chi connectivity index (χ0v) is 21.8. The van der Waals surface area contributed by atoms with Crippen LogP contribution in [0.2, 0.25) is 0 Å². The molecular weight excluding hydrogens is 472 g/mol. The standard InChI is InChI=1S/C30H34N8/c1-2-3-4-5-10-28-32-30(25-17-11-22(12-18-25)19-20-31)38(35-28)21-23-13-15-24(16-14-23)26-8-6-7-9-27(26)29-33-36-37-34-29/h6-9,11-18H,2-5,10,19-21,31H2,1H3,(H,33,34,36,37). The molecule has 0 aliphatic heterocycles. The molecule has 0 amide bonds. The fraction of sp³-hybridized carbons (Fsp3) is 0.300. The van der Waals surface area contributed by atoms with Crippen molar-refractivity contribution in [2.45, 2.75) is 52.0 Å². The Labute approximate surface area is 223 Å². The lowest BCUT2D eigenvalue weighted by atomic mass is 9.98. The number of tetrazole rings is 1. The summed E-state index contributed by atoms with van der Waals surface area (Å²) in [5.41, 5.74) is 12.4. The Hall–Kier alpha value is -4.17. The van der Waals surface area contributed by atoms with Crippen molar-refractivity contribution in [3.8, 4) is 33.9 Å². The molecule has 0 radical (unpaired) electrons. The van der Waals surface area contributed by atoms with Gasteiger partial charge in [0, 0.05) is 17.5 Å². The maximum Gasteiger partial charge on any atom is 0.180 e. The average molecular weight is 507 g/mol. The summed E-state index contributed by atoms with van der Waals surface area (Å²) in [5, 5.41) is 19.3. The molecule has 0 atom stereocenters. The Morgan fingerprint density at radius 2 is 1.53 bits per heavy atom. The van der Waals surface area contributed by atoms with E-state index in [4.69, 9.17) is 15.8 Å². The number of hydrogen-bond donors (Lipinski definition) is 2. The van der Waals surface area contributed by atoms with Crippen LogP contribution < -0.4 is 5.73 Å². The van der Waals surface area contributed by atoms with Crippen LogP contribution in [0.3, 0.4) is 0 Å². The maximum atomic E-state index is 5.73. The Balaban J connectivity index is 1.39. The van der Waals surface area contributed by atoms with E-state index < -0.39 is 0 Å². The van der Waals surface area contributed by atoms with Gasteiger partial charge in [0.1, 0.15) is 0 Å². The van der Waals surface area contributed by atoms with Crippen molar-refractivity contribution in [2.24, 2.45) is 5.73 Å². The molecule has 0 unspecified atom stereocenters. The molecule has 0 fully saturated rings. The number of aryl methyl sites for hydroxylation is 1. The molecule has 8 nitrogen and oxygen atoms in total. The van der Waals surface area contributed by atoms with Gasteiger partial charge in [0.25, 0.3) is 0 Å². The summed E-state index contributed by atoms with van der Waals surface area (Å²) in [6.45, 7) is 3.53. The van der Waals surface area contributed by atoms with Crippen molar-refractivity contribution < 1.29 is 0 Å². The van der Waals surface area contributed by atoms with E-state index in [0.717, 1.165) is 58.7 Å². The minimum atomic E-state index is 0.646. The van der Waals surface area contributed by atoms with Crippen LogP contribution in [0.4, 0.5) is 0 Å². The Morgan fingerprint density at radius 3 is 2.24 bits per heavy atom. The fourth-order valence-corrected chi connectivity index (χ4v) is 4.69. The Bertz CT molecular complexity index is 1420. The first-order chi connectivity index (χ1) is 18.7. The molecule has 0 spiro atoms. The molecule has 0 saturated carbocycles. The van der Waals surface area contributed by atoms with Crippen LogP contribution in [-0.4, -0.2) is 41.9 Å². The monoisotopic (exact) mass is 506 g/mol. The smallest absolute Gasteiger partial charge is 0.180 e. The van der Waals surface area contributed by atoms with Crippen molar-refractivity contribution in [3.05, 3.63) is 89.7 Å². The van der Waals surface area contributed by atoms with E-state index >= 15 is 0 Å². The highest BCUT2D eigenvalue weighted by Crippen LogP contribution is 2.30. The number of rotatable bonds is 12. The molecule has 3 N–H and O–H groups in total. The third-order valence-corrected chi connectivity index (χ3v) is 6.74. The molecule has 2 heterocycles. The van der Waals surface area contributed by atoms with E-state index in [0.29, 0.717) is 18.9 Å². The SMILES string of the molecule is CCCCCCc1nc(-c2ccc(CCN)cc2)n(Cc2ccc(-c3ccccc3-c3nnn[nH]3)cc2)n1. The van der Waals surface area contributed by atoms with Crippen molar-refractivity contribution in [1.82, 2.24) is 35.4 Å². The number of unbranched alkanes of at least 4 members (excludes halogenated alkanes) is 3. The molecule has 0 aliphatic rings. The van der Waals surface area contributed by atoms with Gasteiger partial charge >= 0.3 is 0 Å². The zero-order chi connectivity index (χ0) is 26.2. The molecule has 5 aromatic rings. The van der Waals surface area contributed by atoms with Gasteiger partial charge in [-0.25, -0.2) is 14.8 Å². The average Bonchev–Trinajstić information content (AvgIpc) is 3.63. The van der Waals surface area contributed by atoms with Gasteiger partial charge in [-0.15, -0.1) is 5.10 Å². The number of benzene rings is 3. The van der Waals surface area contributed by atoms with E-state index in [1.165, 1.54) is 24.8 Å². The van der Waals surface area contributed by atoms with Gasteiger partial charge < -0.3 is 5.73 Å². The number of nitrogens with zero attached hydrogens (tertiary/aromatic N) is 6. The van der Waals surface area contributed by atoms with E-state index in [1.807, 2.05) is 22.9 Å². The van der Waals surface area contributed by atoms with Crippen LogP contribution in [0.25, 0.3) is 33.9 Å². The lowest BCUT2D eigenvalue weighted by Gasteiger charge is -2.10. The predicted octanol–water partition coefficient (Wildman–Crippen LogP) is 5.46. The second-order valence-electron chi connectivity index (χ2n) is 9.55. The molecule has 0 bridgehead atoms. The number of nitrogens with two attached hydrogens (primary N) is 1.